The first-order valence-corrected chi connectivity index (χ1v) is 10.5. The summed E-state index contributed by atoms with van der Waals surface area (Å²) in [6, 6.07) is 10.9. The Kier molecular flexibility index (Phi) is 7.73. The van der Waals surface area contributed by atoms with Gasteiger partial charge in [-0.1, -0.05) is 41.0 Å². The molecular weight excluding hydrogens is 450 g/mol. The number of rotatable bonds is 9. The first kappa shape index (κ1) is 22.1. The average molecular weight is 467 g/mol. The largest absolute Gasteiger partial charge is 0.486 e. The molecule has 0 fully saturated rings. The van der Waals surface area contributed by atoms with Crippen LogP contribution in [0.4, 0.5) is 10.1 Å². The Morgan fingerprint density at radius 2 is 2.00 bits per heavy atom. The topological polar surface area (TPSA) is 69.0 Å². The molecular formula is C20H17Cl2FN4O2S. The van der Waals surface area contributed by atoms with Gasteiger partial charge in [0.1, 0.15) is 18.2 Å². The van der Waals surface area contributed by atoms with Gasteiger partial charge in [0.15, 0.2) is 11.0 Å². The molecule has 2 aromatic carbocycles. The van der Waals surface area contributed by atoms with Crippen molar-refractivity contribution in [2.75, 3.05) is 11.1 Å². The zero-order chi connectivity index (χ0) is 21.5. The highest BCUT2D eigenvalue weighted by molar-refractivity contribution is 7.99. The highest BCUT2D eigenvalue weighted by Crippen LogP contribution is 2.23. The molecule has 0 bridgehead atoms. The summed E-state index contributed by atoms with van der Waals surface area (Å²) in [5, 5.41) is 12.2. The van der Waals surface area contributed by atoms with Crippen LogP contribution in [0, 0.1) is 5.82 Å². The average Bonchev–Trinajstić information content (AvgIpc) is 3.11. The summed E-state index contributed by atoms with van der Waals surface area (Å²) >= 11 is 12.9. The molecule has 3 aromatic rings. The second kappa shape index (κ2) is 10.5. The molecule has 10 heteroatoms. The van der Waals surface area contributed by atoms with Crippen molar-refractivity contribution in [3.05, 3.63) is 76.8 Å². The Morgan fingerprint density at radius 3 is 2.70 bits per heavy atom. The summed E-state index contributed by atoms with van der Waals surface area (Å²) in [4.78, 5) is 12.2. The Labute approximate surface area is 187 Å². The fourth-order valence-electron chi connectivity index (χ4n) is 2.42. The van der Waals surface area contributed by atoms with E-state index >= 15 is 0 Å². The van der Waals surface area contributed by atoms with Crippen molar-refractivity contribution in [3.63, 3.8) is 0 Å². The number of nitrogens with zero attached hydrogens (tertiary/aromatic N) is 3. The molecule has 0 saturated heterocycles. The maximum Gasteiger partial charge on any atom is 0.234 e. The van der Waals surface area contributed by atoms with E-state index in [4.69, 9.17) is 27.9 Å². The van der Waals surface area contributed by atoms with Crippen LogP contribution in [0.25, 0.3) is 0 Å². The minimum atomic E-state index is -0.519. The van der Waals surface area contributed by atoms with Crippen molar-refractivity contribution >= 4 is 46.6 Å². The molecule has 30 heavy (non-hydrogen) atoms. The van der Waals surface area contributed by atoms with Gasteiger partial charge < -0.3 is 10.1 Å². The van der Waals surface area contributed by atoms with Gasteiger partial charge in [-0.15, -0.1) is 16.8 Å². The lowest BCUT2D eigenvalue weighted by atomic mass is 10.3. The van der Waals surface area contributed by atoms with Gasteiger partial charge in [0.05, 0.1) is 10.8 Å². The van der Waals surface area contributed by atoms with Crippen molar-refractivity contribution in [3.8, 4) is 5.75 Å². The second-order valence-corrected chi connectivity index (χ2v) is 7.79. The monoisotopic (exact) mass is 466 g/mol. The van der Waals surface area contributed by atoms with Crippen molar-refractivity contribution in [2.24, 2.45) is 0 Å². The van der Waals surface area contributed by atoms with E-state index in [1.165, 1.54) is 30.0 Å². The Bertz CT molecular complexity index is 1040. The molecule has 1 amide bonds. The third-order valence-electron chi connectivity index (χ3n) is 3.82. The fourth-order valence-corrected chi connectivity index (χ4v) is 3.48. The summed E-state index contributed by atoms with van der Waals surface area (Å²) in [6.45, 7) is 4.28. The Balaban J connectivity index is 1.61. The third-order valence-corrected chi connectivity index (χ3v) is 5.33. The number of thioether (sulfide) groups is 1. The number of carbonyl (C=O) groups is 1. The zero-order valence-corrected chi connectivity index (χ0v) is 18.0. The number of halogens is 3. The quantitative estimate of drug-likeness (QED) is 0.345. The highest BCUT2D eigenvalue weighted by Gasteiger charge is 2.14. The van der Waals surface area contributed by atoms with E-state index in [-0.39, 0.29) is 23.3 Å². The molecule has 0 atom stereocenters. The molecule has 0 saturated carbocycles. The predicted octanol–water partition coefficient (Wildman–Crippen LogP) is 5.22. The standard InChI is InChI=1S/C20H17Cl2FN4O2S/c1-2-9-27-18(11-29-15-7-8-17(23)16(22)10-15)25-26-20(27)30-12-19(28)24-14-5-3-13(21)4-6-14/h2-8,10H,1,9,11-12H2,(H,24,28). The van der Waals surface area contributed by atoms with E-state index in [1.54, 1.807) is 34.9 Å². The molecule has 6 nitrogen and oxygen atoms in total. The van der Waals surface area contributed by atoms with E-state index in [0.29, 0.717) is 34.0 Å². The number of ether oxygens (including phenoxy) is 1. The third kappa shape index (κ3) is 5.98. The van der Waals surface area contributed by atoms with Crippen LogP contribution in [0.1, 0.15) is 5.82 Å². The van der Waals surface area contributed by atoms with Crippen LogP contribution in [-0.2, 0) is 17.9 Å². The molecule has 1 aromatic heterocycles. The summed E-state index contributed by atoms with van der Waals surface area (Å²) in [5.74, 6) is 0.387. The molecule has 3 rings (SSSR count). The van der Waals surface area contributed by atoms with Gasteiger partial charge in [0.25, 0.3) is 0 Å². The number of hydrogen-bond donors (Lipinski definition) is 1. The van der Waals surface area contributed by atoms with E-state index in [9.17, 15) is 9.18 Å². The number of benzene rings is 2. The molecule has 156 valence electrons. The molecule has 0 aliphatic heterocycles. The van der Waals surface area contributed by atoms with Gasteiger partial charge in [-0.2, -0.15) is 0 Å². The molecule has 1 N–H and O–H groups in total. The van der Waals surface area contributed by atoms with E-state index in [2.05, 4.69) is 22.1 Å². The molecule has 0 radical (unpaired) electrons. The second-order valence-electron chi connectivity index (χ2n) is 6.01. The first-order chi connectivity index (χ1) is 14.5. The fraction of sp³-hybridized carbons (Fsp3) is 0.150. The van der Waals surface area contributed by atoms with E-state index in [1.807, 2.05) is 0 Å². The van der Waals surface area contributed by atoms with Crippen molar-refractivity contribution in [1.29, 1.82) is 0 Å². The van der Waals surface area contributed by atoms with Crippen LogP contribution in [0.3, 0.4) is 0 Å². The molecule has 0 aliphatic rings. The van der Waals surface area contributed by atoms with Crippen LogP contribution in [0.5, 0.6) is 5.75 Å². The molecule has 1 heterocycles. The Hall–Kier alpha value is -2.55. The number of amides is 1. The maximum absolute atomic E-state index is 13.3. The number of anilines is 1. The van der Waals surface area contributed by atoms with Crippen LogP contribution >= 0.6 is 35.0 Å². The minimum Gasteiger partial charge on any atom is -0.486 e. The number of aromatic nitrogens is 3. The number of allylic oxidation sites excluding steroid dienone is 1. The molecule has 0 unspecified atom stereocenters. The summed E-state index contributed by atoms with van der Waals surface area (Å²) in [5.41, 5.74) is 0.657. The van der Waals surface area contributed by atoms with Crippen molar-refractivity contribution < 1.29 is 13.9 Å². The predicted molar refractivity (Wildman–Crippen MR) is 117 cm³/mol. The van der Waals surface area contributed by atoms with Crippen LogP contribution < -0.4 is 10.1 Å². The van der Waals surface area contributed by atoms with Crippen molar-refractivity contribution in [1.82, 2.24) is 14.8 Å². The van der Waals surface area contributed by atoms with Gasteiger partial charge in [-0.25, -0.2) is 4.39 Å². The van der Waals surface area contributed by atoms with E-state index in [0.717, 1.165) is 0 Å². The molecule has 0 aliphatic carbocycles. The normalized spacial score (nSPS) is 10.6. The van der Waals surface area contributed by atoms with Gasteiger partial charge in [0.2, 0.25) is 5.91 Å². The van der Waals surface area contributed by atoms with Gasteiger partial charge in [0, 0.05) is 23.3 Å². The van der Waals surface area contributed by atoms with Crippen LogP contribution in [0.15, 0.2) is 60.3 Å². The Morgan fingerprint density at radius 1 is 1.23 bits per heavy atom. The highest BCUT2D eigenvalue weighted by atomic mass is 35.5. The summed E-state index contributed by atoms with van der Waals surface area (Å²) in [6.07, 6.45) is 1.69. The summed E-state index contributed by atoms with van der Waals surface area (Å²) in [7, 11) is 0. The van der Waals surface area contributed by atoms with Crippen LogP contribution in [0.2, 0.25) is 10.0 Å². The SMILES string of the molecule is C=CCn1c(COc2ccc(F)c(Cl)c2)nnc1SCC(=O)Nc1ccc(Cl)cc1. The van der Waals surface area contributed by atoms with Gasteiger partial charge >= 0.3 is 0 Å². The first-order valence-electron chi connectivity index (χ1n) is 8.75. The summed E-state index contributed by atoms with van der Waals surface area (Å²) < 4.78 is 20.7. The number of carbonyl (C=O) groups excluding carboxylic acids is 1. The number of hydrogen-bond acceptors (Lipinski definition) is 5. The lowest BCUT2D eigenvalue weighted by Crippen LogP contribution is -2.15. The lowest BCUT2D eigenvalue weighted by Gasteiger charge is -2.10. The van der Waals surface area contributed by atoms with Gasteiger partial charge in [-0.3, -0.25) is 9.36 Å². The smallest absolute Gasteiger partial charge is 0.234 e. The van der Waals surface area contributed by atoms with E-state index < -0.39 is 5.82 Å². The van der Waals surface area contributed by atoms with Crippen LogP contribution in [-0.4, -0.2) is 26.4 Å². The van der Waals surface area contributed by atoms with Gasteiger partial charge in [-0.05, 0) is 36.4 Å². The molecule has 0 spiro atoms. The zero-order valence-electron chi connectivity index (χ0n) is 15.6. The minimum absolute atomic E-state index is 0.0250. The number of nitrogens with one attached hydrogen (secondary N) is 1. The van der Waals surface area contributed by atoms with Crippen molar-refractivity contribution in [2.45, 2.75) is 18.3 Å². The lowest BCUT2D eigenvalue weighted by molar-refractivity contribution is -0.113. The maximum atomic E-state index is 13.3.